The first-order chi connectivity index (χ1) is 9.43. The van der Waals surface area contributed by atoms with E-state index in [4.69, 9.17) is 5.73 Å². The molecular weight excluding hydrogens is 274 g/mol. The van der Waals surface area contributed by atoms with Gasteiger partial charge in [0, 0.05) is 31.2 Å². The van der Waals surface area contributed by atoms with Crippen molar-refractivity contribution in [1.29, 1.82) is 0 Å². The molecule has 1 unspecified atom stereocenters. The molecule has 0 saturated carbocycles. The number of nitrogen functional groups attached to an aromatic ring is 1. The lowest BCUT2D eigenvalue weighted by atomic mass is 10.1. The number of pyridine rings is 1. The molecule has 0 bridgehead atoms. The van der Waals surface area contributed by atoms with Crippen LogP contribution in [0.2, 0.25) is 0 Å². The maximum atomic E-state index is 12.6. The molecule has 6 heteroatoms. The molecule has 0 aliphatic heterocycles. The third-order valence-electron chi connectivity index (χ3n) is 3.27. The summed E-state index contributed by atoms with van der Waals surface area (Å²) in [5.41, 5.74) is 6.96. The van der Waals surface area contributed by atoms with Crippen molar-refractivity contribution in [2.75, 3.05) is 12.8 Å². The average Bonchev–Trinajstić information content (AvgIpc) is 2.46. The van der Waals surface area contributed by atoms with Gasteiger partial charge in [-0.05, 0) is 42.8 Å². The van der Waals surface area contributed by atoms with Gasteiger partial charge in [-0.2, -0.15) is 4.31 Å². The Balaban J connectivity index is 2.35. The molecule has 20 heavy (non-hydrogen) atoms. The maximum absolute atomic E-state index is 12.6. The number of nitrogens with zero attached hydrogens (tertiary/aromatic N) is 2. The lowest BCUT2D eigenvalue weighted by molar-refractivity contribution is 0.398. The predicted molar refractivity (Wildman–Crippen MR) is 78.5 cm³/mol. The van der Waals surface area contributed by atoms with Gasteiger partial charge in [-0.25, -0.2) is 8.42 Å². The zero-order valence-corrected chi connectivity index (χ0v) is 12.2. The van der Waals surface area contributed by atoms with Crippen LogP contribution in [0.3, 0.4) is 0 Å². The normalized spacial score (nSPS) is 13.3. The lowest BCUT2D eigenvalue weighted by Crippen LogP contribution is -2.29. The monoisotopic (exact) mass is 291 g/mol. The highest BCUT2D eigenvalue weighted by Crippen LogP contribution is 2.25. The quantitative estimate of drug-likeness (QED) is 0.875. The Hall–Kier alpha value is -1.92. The molecule has 0 amide bonds. The summed E-state index contributed by atoms with van der Waals surface area (Å²) in [7, 11) is -2.02. The molecule has 2 rings (SSSR count). The molecule has 2 N–H and O–H groups in total. The topological polar surface area (TPSA) is 76.3 Å². The van der Waals surface area contributed by atoms with E-state index in [9.17, 15) is 8.42 Å². The van der Waals surface area contributed by atoms with Crippen molar-refractivity contribution in [2.24, 2.45) is 0 Å². The second-order valence-corrected chi connectivity index (χ2v) is 6.55. The SMILES string of the molecule is CC(c1ccncc1)N(C)S(=O)(=O)c1cccc(N)c1. The van der Waals surface area contributed by atoms with Crippen LogP contribution in [0.5, 0.6) is 0 Å². The summed E-state index contributed by atoms with van der Waals surface area (Å²) < 4.78 is 26.4. The zero-order valence-electron chi connectivity index (χ0n) is 11.4. The molecule has 0 radical (unpaired) electrons. The fraction of sp³-hybridized carbons (Fsp3) is 0.214. The van der Waals surface area contributed by atoms with E-state index >= 15 is 0 Å². The van der Waals surface area contributed by atoms with Crippen molar-refractivity contribution >= 4 is 15.7 Å². The highest BCUT2D eigenvalue weighted by Gasteiger charge is 2.26. The van der Waals surface area contributed by atoms with Crippen molar-refractivity contribution in [1.82, 2.24) is 9.29 Å². The van der Waals surface area contributed by atoms with Crippen molar-refractivity contribution in [3.63, 3.8) is 0 Å². The smallest absolute Gasteiger partial charge is 0.243 e. The van der Waals surface area contributed by atoms with Gasteiger partial charge in [-0.1, -0.05) is 6.07 Å². The van der Waals surface area contributed by atoms with Crippen LogP contribution in [0.15, 0.2) is 53.7 Å². The second-order valence-electron chi connectivity index (χ2n) is 4.55. The van der Waals surface area contributed by atoms with E-state index in [0.29, 0.717) is 5.69 Å². The minimum Gasteiger partial charge on any atom is -0.399 e. The Bertz CT molecular complexity index is 687. The minimum absolute atomic E-state index is 0.195. The van der Waals surface area contributed by atoms with Gasteiger partial charge in [0.15, 0.2) is 0 Å². The summed E-state index contributed by atoms with van der Waals surface area (Å²) in [6.07, 6.45) is 3.29. The summed E-state index contributed by atoms with van der Waals surface area (Å²) in [6.45, 7) is 1.83. The van der Waals surface area contributed by atoms with Crippen LogP contribution in [0.4, 0.5) is 5.69 Å². The molecule has 1 heterocycles. The first-order valence-electron chi connectivity index (χ1n) is 6.16. The van der Waals surface area contributed by atoms with E-state index in [0.717, 1.165) is 5.56 Å². The fourth-order valence-electron chi connectivity index (χ4n) is 1.90. The van der Waals surface area contributed by atoms with E-state index < -0.39 is 10.0 Å². The number of sulfonamides is 1. The van der Waals surface area contributed by atoms with Gasteiger partial charge >= 0.3 is 0 Å². The number of hydrogen-bond donors (Lipinski definition) is 1. The van der Waals surface area contributed by atoms with Crippen molar-refractivity contribution in [3.05, 3.63) is 54.4 Å². The third kappa shape index (κ3) is 2.81. The van der Waals surface area contributed by atoms with Gasteiger partial charge < -0.3 is 5.73 Å². The fourth-order valence-corrected chi connectivity index (χ4v) is 3.31. The first-order valence-corrected chi connectivity index (χ1v) is 7.60. The molecule has 106 valence electrons. The average molecular weight is 291 g/mol. The highest BCUT2D eigenvalue weighted by atomic mass is 32.2. The Morgan fingerprint density at radius 2 is 1.85 bits per heavy atom. The van der Waals surface area contributed by atoms with Crippen LogP contribution in [0.25, 0.3) is 0 Å². The van der Waals surface area contributed by atoms with E-state index in [2.05, 4.69) is 4.98 Å². The first kappa shape index (κ1) is 14.5. The van der Waals surface area contributed by atoms with E-state index in [-0.39, 0.29) is 10.9 Å². The molecule has 0 spiro atoms. The van der Waals surface area contributed by atoms with Crippen LogP contribution < -0.4 is 5.73 Å². The van der Waals surface area contributed by atoms with Gasteiger partial charge in [0.25, 0.3) is 0 Å². The van der Waals surface area contributed by atoms with Gasteiger partial charge in [-0.3, -0.25) is 4.98 Å². The summed E-state index contributed by atoms with van der Waals surface area (Å²) in [5, 5.41) is 0. The van der Waals surface area contributed by atoms with E-state index in [1.54, 1.807) is 49.8 Å². The van der Waals surface area contributed by atoms with Gasteiger partial charge in [0.1, 0.15) is 0 Å². The van der Waals surface area contributed by atoms with E-state index in [1.165, 1.54) is 10.4 Å². The number of rotatable bonds is 4. The highest BCUT2D eigenvalue weighted by molar-refractivity contribution is 7.89. The van der Waals surface area contributed by atoms with Crippen LogP contribution >= 0.6 is 0 Å². The molecule has 0 fully saturated rings. The summed E-state index contributed by atoms with van der Waals surface area (Å²) >= 11 is 0. The van der Waals surface area contributed by atoms with Crippen LogP contribution in [-0.4, -0.2) is 24.8 Å². The number of aromatic nitrogens is 1. The minimum atomic E-state index is -3.58. The number of hydrogen-bond acceptors (Lipinski definition) is 4. The van der Waals surface area contributed by atoms with Crippen molar-refractivity contribution < 1.29 is 8.42 Å². The predicted octanol–water partition coefficient (Wildman–Crippen LogP) is 2.05. The molecule has 2 aromatic rings. The molecule has 0 saturated heterocycles. The lowest BCUT2D eigenvalue weighted by Gasteiger charge is -2.24. The Morgan fingerprint density at radius 3 is 2.45 bits per heavy atom. The summed E-state index contributed by atoms with van der Waals surface area (Å²) in [5.74, 6) is 0. The molecule has 0 aliphatic rings. The number of anilines is 1. The van der Waals surface area contributed by atoms with Gasteiger partial charge in [0.05, 0.1) is 4.90 Å². The molecule has 1 aromatic heterocycles. The van der Waals surface area contributed by atoms with Crippen LogP contribution in [-0.2, 0) is 10.0 Å². The molecule has 0 aliphatic carbocycles. The molecular formula is C14H17N3O2S. The van der Waals surface area contributed by atoms with Crippen molar-refractivity contribution in [3.8, 4) is 0 Å². The maximum Gasteiger partial charge on any atom is 0.243 e. The Labute approximate surface area is 119 Å². The van der Waals surface area contributed by atoms with Crippen LogP contribution in [0.1, 0.15) is 18.5 Å². The molecule has 1 aromatic carbocycles. The van der Waals surface area contributed by atoms with Crippen molar-refractivity contribution in [2.45, 2.75) is 17.9 Å². The van der Waals surface area contributed by atoms with Gasteiger partial charge in [-0.15, -0.1) is 0 Å². The largest absolute Gasteiger partial charge is 0.399 e. The molecule has 1 atom stereocenters. The summed E-state index contributed by atoms with van der Waals surface area (Å²) in [4.78, 5) is 4.13. The van der Waals surface area contributed by atoms with E-state index in [1.807, 2.05) is 6.92 Å². The Kier molecular flexibility index (Phi) is 4.06. The standard InChI is InChI=1S/C14H17N3O2S/c1-11(12-6-8-16-9-7-12)17(2)20(18,19)14-5-3-4-13(15)10-14/h3-11H,15H2,1-2H3. The number of nitrogens with two attached hydrogens (primary N) is 1. The van der Waals surface area contributed by atoms with Gasteiger partial charge in [0.2, 0.25) is 10.0 Å². The second kappa shape index (κ2) is 5.60. The number of benzene rings is 1. The summed E-state index contributed by atoms with van der Waals surface area (Å²) in [6, 6.07) is 9.61. The third-order valence-corrected chi connectivity index (χ3v) is 5.19. The van der Waals surface area contributed by atoms with Crippen LogP contribution in [0, 0.1) is 0 Å². The zero-order chi connectivity index (χ0) is 14.8. The Morgan fingerprint density at radius 1 is 1.20 bits per heavy atom. The molecule has 5 nitrogen and oxygen atoms in total.